The first-order valence-corrected chi connectivity index (χ1v) is 8.28. The highest BCUT2D eigenvalue weighted by Crippen LogP contribution is 2.22. The molecule has 1 aliphatic heterocycles. The quantitative estimate of drug-likeness (QED) is 0.912. The normalized spacial score (nSPS) is 27.0. The number of hydrogen-bond acceptors (Lipinski definition) is 3. The molecule has 0 aromatic heterocycles. The van der Waals surface area contributed by atoms with Crippen molar-refractivity contribution >= 4 is 9.84 Å². The van der Waals surface area contributed by atoms with E-state index in [-0.39, 0.29) is 17.0 Å². The van der Waals surface area contributed by atoms with E-state index in [2.05, 4.69) is 24.4 Å². The third-order valence-electron chi connectivity index (χ3n) is 3.58. The van der Waals surface area contributed by atoms with E-state index in [1.807, 2.05) is 12.1 Å². The smallest absolute Gasteiger partial charge is 0.156 e. The van der Waals surface area contributed by atoms with E-state index in [1.54, 1.807) is 6.92 Å². The average molecular weight is 267 g/mol. The van der Waals surface area contributed by atoms with Gasteiger partial charge in [0.25, 0.3) is 0 Å². The predicted octanol–water partition coefficient (Wildman–Crippen LogP) is 2.09. The highest BCUT2D eigenvalue weighted by atomic mass is 32.2. The molecular weight excluding hydrogens is 246 g/mol. The summed E-state index contributed by atoms with van der Waals surface area (Å²) in [6.07, 6.45) is 2.21. The van der Waals surface area contributed by atoms with Crippen LogP contribution in [0.15, 0.2) is 24.3 Å². The first-order chi connectivity index (χ1) is 8.53. The van der Waals surface area contributed by atoms with Crippen LogP contribution in [-0.4, -0.2) is 26.0 Å². The van der Waals surface area contributed by atoms with Gasteiger partial charge >= 0.3 is 0 Å². The minimum Gasteiger partial charge on any atom is -0.308 e. The fourth-order valence-corrected chi connectivity index (χ4v) is 3.76. The van der Waals surface area contributed by atoms with Crippen LogP contribution in [0, 0.1) is 0 Å². The van der Waals surface area contributed by atoms with Gasteiger partial charge in [-0.25, -0.2) is 8.42 Å². The second-order valence-electron chi connectivity index (χ2n) is 5.09. The fraction of sp³-hybridized carbons (Fsp3) is 0.571. The second-order valence-corrected chi connectivity index (χ2v) is 7.56. The first-order valence-electron chi connectivity index (χ1n) is 6.56. The molecule has 100 valence electrons. The number of benzene rings is 1. The summed E-state index contributed by atoms with van der Waals surface area (Å²) < 4.78 is 23.8. The summed E-state index contributed by atoms with van der Waals surface area (Å²) in [5.74, 6) is 0.210. The van der Waals surface area contributed by atoms with Gasteiger partial charge in [-0.15, -0.1) is 0 Å². The zero-order chi connectivity index (χ0) is 13.2. The molecule has 1 aromatic rings. The summed E-state index contributed by atoms with van der Waals surface area (Å²) in [7, 11) is -2.94. The van der Waals surface area contributed by atoms with Gasteiger partial charge in [-0.1, -0.05) is 37.6 Å². The Morgan fingerprint density at radius 3 is 2.50 bits per heavy atom. The summed E-state index contributed by atoms with van der Waals surface area (Å²) >= 11 is 0. The van der Waals surface area contributed by atoms with Gasteiger partial charge in [0.1, 0.15) is 0 Å². The predicted molar refractivity (Wildman–Crippen MR) is 74.4 cm³/mol. The lowest BCUT2D eigenvalue weighted by molar-refractivity contribution is 0.502. The lowest BCUT2D eigenvalue weighted by Crippen LogP contribution is -2.44. The molecule has 4 heteroatoms. The van der Waals surface area contributed by atoms with Gasteiger partial charge < -0.3 is 5.32 Å². The number of rotatable bonds is 3. The van der Waals surface area contributed by atoms with E-state index in [1.165, 1.54) is 5.56 Å². The van der Waals surface area contributed by atoms with Crippen LogP contribution in [0.1, 0.15) is 37.4 Å². The van der Waals surface area contributed by atoms with Gasteiger partial charge in [0.15, 0.2) is 9.84 Å². The molecular formula is C14H21NO2S. The third-order valence-corrected chi connectivity index (χ3v) is 5.78. The highest BCUT2D eigenvalue weighted by molar-refractivity contribution is 7.92. The molecule has 3 nitrogen and oxygen atoms in total. The van der Waals surface area contributed by atoms with Gasteiger partial charge in [0, 0.05) is 12.6 Å². The van der Waals surface area contributed by atoms with Crippen LogP contribution in [0.25, 0.3) is 0 Å². The van der Waals surface area contributed by atoms with Crippen molar-refractivity contribution in [2.24, 2.45) is 0 Å². The number of aryl methyl sites for hydroxylation is 1. The molecule has 0 amide bonds. The Bertz CT molecular complexity index is 493. The summed E-state index contributed by atoms with van der Waals surface area (Å²) in [5.41, 5.74) is 2.39. The van der Waals surface area contributed by atoms with Crippen LogP contribution in [0.3, 0.4) is 0 Å². The minimum absolute atomic E-state index is 0.0538. The first kappa shape index (κ1) is 13.6. The summed E-state index contributed by atoms with van der Waals surface area (Å²) in [6.45, 7) is 4.47. The Hall–Kier alpha value is -0.870. The number of nitrogens with one attached hydrogen (secondary N) is 1. The van der Waals surface area contributed by atoms with Crippen molar-refractivity contribution < 1.29 is 8.42 Å². The Morgan fingerprint density at radius 2 is 1.94 bits per heavy atom. The van der Waals surface area contributed by atoms with E-state index in [0.29, 0.717) is 6.54 Å². The van der Waals surface area contributed by atoms with Crippen LogP contribution >= 0.6 is 0 Å². The van der Waals surface area contributed by atoms with Crippen molar-refractivity contribution in [2.75, 3.05) is 12.3 Å². The third kappa shape index (κ3) is 2.93. The van der Waals surface area contributed by atoms with Gasteiger partial charge in [-0.2, -0.15) is 0 Å². The molecule has 1 aliphatic rings. The van der Waals surface area contributed by atoms with E-state index < -0.39 is 9.84 Å². The van der Waals surface area contributed by atoms with Crippen molar-refractivity contribution in [1.82, 2.24) is 5.32 Å². The van der Waals surface area contributed by atoms with Crippen molar-refractivity contribution in [3.05, 3.63) is 35.4 Å². The second kappa shape index (κ2) is 5.41. The molecule has 0 spiro atoms. The number of hydrogen-bond donors (Lipinski definition) is 1. The molecule has 2 unspecified atom stereocenters. The summed E-state index contributed by atoms with van der Waals surface area (Å²) in [6, 6.07) is 8.25. The molecule has 0 saturated carbocycles. The SMILES string of the molecule is CCCc1ccc(C2CS(=O)(=O)C(C)CN2)cc1. The summed E-state index contributed by atoms with van der Waals surface area (Å²) in [5, 5.41) is 3.04. The molecule has 1 fully saturated rings. The Balaban J connectivity index is 2.12. The fourth-order valence-electron chi connectivity index (χ4n) is 2.31. The van der Waals surface area contributed by atoms with Crippen molar-refractivity contribution in [2.45, 2.75) is 38.0 Å². The average Bonchev–Trinajstić information content (AvgIpc) is 2.34. The monoisotopic (exact) mass is 267 g/mol. The maximum absolute atomic E-state index is 11.9. The maximum Gasteiger partial charge on any atom is 0.156 e. The van der Waals surface area contributed by atoms with E-state index >= 15 is 0 Å². The molecule has 1 heterocycles. The highest BCUT2D eigenvalue weighted by Gasteiger charge is 2.31. The van der Waals surface area contributed by atoms with Gasteiger partial charge in [-0.05, 0) is 24.5 Å². The van der Waals surface area contributed by atoms with Crippen molar-refractivity contribution in [3.8, 4) is 0 Å². The Kier molecular flexibility index (Phi) is 4.07. The van der Waals surface area contributed by atoms with E-state index in [9.17, 15) is 8.42 Å². The van der Waals surface area contributed by atoms with Crippen LogP contribution < -0.4 is 5.32 Å². The topological polar surface area (TPSA) is 46.2 Å². The lowest BCUT2D eigenvalue weighted by atomic mass is 10.0. The van der Waals surface area contributed by atoms with E-state index in [0.717, 1.165) is 18.4 Å². The minimum atomic E-state index is -2.94. The zero-order valence-electron chi connectivity index (χ0n) is 11.0. The van der Waals surface area contributed by atoms with Gasteiger partial charge in [-0.3, -0.25) is 0 Å². The van der Waals surface area contributed by atoms with Crippen molar-refractivity contribution in [1.29, 1.82) is 0 Å². The van der Waals surface area contributed by atoms with Crippen LogP contribution in [0.4, 0.5) is 0 Å². The molecule has 1 saturated heterocycles. The van der Waals surface area contributed by atoms with E-state index in [4.69, 9.17) is 0 Å². The molecule has 2 atom stereocenters. The zero-order valence-corrected chi connectivity index (χ0v) is 11.8. The van der Waals surface area contributed by atoms with Crippen molar-refractivity contribution in [3.63, 3.8) is 0 Å². The number of sulfone groups is 1. The molecule has 1 N–H and O–H groups in total. The van der Waals surface area contributed by atoms with Crippen LogP contribution in [0.5, 0.6) is 0 Å². The Labute approximate surface area is 110 Å². The lowest BCUT2D eigenvalue weighted by Gasteiger charge is -2.28. The van der Waals surface area contributed by atoms with Gasteiger partial charge in [0.05, 0.1) is 11.0 Å². The van der Waals surface area contributed by atoms with Crippen LogP contribution in [-0.2, 0) is 16.3 Å². The van der Waals surface area contributed by atoms with Gasteiger partial charge in [0.2, 0.25) is 0 Å². The molecule has 2 rings (SSSR count). The molecule has 0 bridgehead atoms. The maximum atomic E-state index is 11.9. The van der Waals surface area contributed by atoms with Crippen LogP contribution in [0.2, 0.25) is 0 Å². The largest absolute Gasteiger partial charge is 0.308 e. The molecule has 0 radical (unpaired) electrons. The summed E-state index contributed by atoms with van der Waals surface area (Å²) in [4.78, 5) is 0. The molecule has 1 aromatic carbocycles. The Morgan fingerprint density at radius 1 is 1.28 bits per heavy atom. The molecule has 18 heavy (non-hydrogen) atoms. The standard InChI is InChI=1S/C14H21NO2S/c1-3-4-12-5-7-13(8-6-12)14-10-18(16,17)11(2)9-15-14/h5-8,11,14-15H,3-4,9-10H2,1-2H3. The molecule has 0 aliphatic carbocycles.